The summed E-state index contributed by atoms with van der Waals surface area (Å²) < 4.78 is 41.3. The molecule has 0 aliphatic rings. The smallest absolute Gasteiger partial charge is 0.338 e. The summed E-state index contributed by atoms with van der Waals surface area (Å²) in [5.74, 6) is -2.33. The van der Waals surface area contributed by atoms with Gasteiger partial charge in [-0.2, -0.15) is 0 Å². The molecule has 1 amide bonds. The third-order valence-electron chi connectivity index (χ3n) is 3.46. The second kappa shape index (κ2) is 8.49. The van der Waals surface area contributed by atoms with Gasteiger partial charge in [-0.15, -0.1) is 0 Å². The number of amides is 1. The van der Waals surface area contributed by atoms with Gasteiger partial charge in [0.05, 0.1) is 17.0 Å². The largest absolute Gasteiger partial charge is 0.449 e. The molecule has 2 aromatic rings. The number of carbonyl (C=O) groups is 2. The fraction of sp³-hybridized carbons (Fsp3) is 0.222. The third-order valence-corrected chi connectivity index (χ3v) is 4.55. The fourth-order valence-electron chi connectivity index (χ4n) is 2.15. The number of anilines is 1. The van der Waals surface area contributed by atoms with Gasteiger partial charge in [0.2, 0.25) is 0 Å². The van der Waals surface area contributed by atoms with Crippen LogP contribution in [0, 0.1) is 5.82 Å². The number of rotatable bonds is 6. The molecule has 0 aliphatic carbocycles. The highest BCUT2D eigenvalue weighted by molar-refractivity contribution is 7.89. The Hall–Kier alpha value is -2.45. The van der Waals surface area contributed by atoms with Crippen molar-refractivity contribution >= 4 is 39.0 Å². The average molecular weight is 414 g/mol. The Balaban J connectivity index is 1.98. The van der Waals surface area contributed by atoms with E-state index in [4.69, 9.17) is 16.3 Å². The molecule has 1 N–H and O–H groups in total. The molecule has 27 heavy (non-hydrogen) atoms. The molecule has 0 saturated carbocycles. The maximum Gasteiger partial charge on any atom is 0.338 e. The first-order valence-corrected chi connectivity index (χ1v) is 10.2. The van der Waals surface area contributed by atoms with Crippen molar-refractivity contribution in [3.8, 4) is 0 Å². The minimum Gasteiger partial charge on any atom is -0.449 e. The molecule has 2 aromatic carbocycles. The van der Waals surface area contributed by atoms with Crippen molar-refractivity contribution in [2.24, 2.45) is 0 Å². The standard InChI is InChI=1S/C18H17ClFNO5S/c1-11(17(22)21-16-8-7-14(19)9-15(16)20)26-18(23)13-5-3-12(4-6-13)10-27(2,24)25/h3-9,11H,10H2,1-2H3,(H,21,22)/t11-/m1/s1. The maximum atomic E-state index is 13.7. The van der Waals surface area contributed by atoms with Crippen LogP contribution in [0.3, 0.4) is 0 Å². The molecule has 1 atom stereocenters. The van der Waals surface area contributed by atoms with E-state index in [1.807, 2.05) is 0 Å². The van der Waals surface area contributed by atoms with Crippen LogP contribution in [0.4, 0.5) is 10.1 Å². The van der Waals surface area contributed by atoms with Crippen LogP contribution in [0.2, 0.25) is 5.02 Å². The van der Waals surface area contributed by atoms with Crippen LogP contribution >= 0.6 is 11.6 Å². The molecule has 0 radical (unpaired) electrons. The van der Waals surface area contributed by atoms with E-state index in [1.54, 1.807) is 0 Å². The first-order valence-electron chi connectivity index (χ1n) is 7.79. The van der Waals surface area contributed by atoms with E-state index in [2.05, 4.69) is 5.32 Å². The van der Waals surface area contributed by atoms with E-state index < -0.39 is 33.6 Å². The van der Waals surface area contributed by atoms with Crippen molar-refractivity contribution in [3.05, 3.63) is 64.4 Å². The summed E-state index contributed by atoms with van der Waals surface area (Å²) in [6, 6.07) is 9.56. The lowest BCUT2D eigenvalue weighted by Crippen LogP contribution is -2.30. The van der Waals surface area contributed by atoms with Crippen molar-refractivity contribution in [2.75, 3.05) is 11.6 Å². The quantitative estimate of drug-likeness (QED) is 0.734. The Kier molecular flexibility index (Phi) is 6.56. The molecular formula is C18H17ClFNO5S. The lowest BCUT2D eigenvalue weighted by atomic mass is 10.1. The van der Waals surface area contributed by atoms with Crippen molar-refractivity contribution < 1.29 is 27.1 Å². The summed E-state index contributed by atoms with van der Waals surface area (Å²) in [7, 11) is -3.18. The van der Waals surface area contributed by atoms with Gasteiger partial charge in [-0.3, -0.25) is 4.79 Å². The Morgan fingerprint density at radius 1 is 1.19 bits per heavy atom. The predicted molar refractivity (Wildman–Crippen MR) is 99.9 cm³/mol. The molecule has 0 aliphatic heterocycles. The molecule has 9 heteroatoms. The van der Waals surface area contributed by atoms with E-state index in [0.717, 1.165) is 12.3 Å². The van der Waals surface area contributed by atoms with E-state index in [9.17, 15) is 22.4 Å². The highest BCUT2D eigenvalue weighted by Gasteiger charge is 2.20. The number of nitrogens with one attached hydrogen (secondary N) is 1. The highest BCUT2D eigenvalue weighted by Crippen LogP contribution is 2.19. The third kappa shape index (κ3) is 6.33. The minimum atomic E-state index is -3.18. The number of hydrogen-bond acceptors (Lipinski definition) is 5. The first-order chi connectivity index (χ1) is 12.5. The summed E-state index contributed by atoms with van der Waals surface area (Å²) in [5, 5.41) is 2.50. The van der Waals surface area contributed by atoms with E-state index in [1.165, 1.54) is 43.3 Å². The lowest BCUT2D eigenvalue weighted by molar-refractivity contribution is -0.123. The summed E-state index contributed by atoms with van der Waals surface area (Å²) in [5.41, 5.74) is 0.597. The van der Waals surface area contributed by atoms with E-state index in [0.29, 0.717) is 5.56 Å². The molecule has 0 aromatic heterocycles. The normalized spacial score (nSPS) is 12.3. The second-order valence-corrected chi connectivity index (χ2v) is 8.50. The van der Waals surface area contributed by atoms with Gasteiger partial charge >= 0.3 is 5.97 Å². The molecular weight excluding hydrogens is 397 g/mol. The van der Waals surface area contributed by atoms with Gasteiger partial charge < -0.3 is 10.1 Å². The predicted octanol–water partition coefficient (Wildman–Crippen LogP) is 3.21. The molecule has 2 rings (SSSR count). The number of halogens is 2. The maximum absolute atomic E-state index is 13.7. The van der Waals surface area contributed by atoms with Crippen LogP contribution in [0.5, 0.6) is 0 Å². The van der Waals surface area contributed by atoms with Gasteiger partial charge in [0.15, 0.2) is 15.9 Å². The fourth-order valence-corrected chi connectivity index (χ4v) is 3.10. The zero-order valence-corrected chi connectivity index (χ0v) is 16.1. The second-order valence-electron chi connectivity index (χ2n) is 5.93. The van der Waals surface area contributed by atoms with Gasteiger partial charge in [-0.25, -0.2) is 17.6 Å². The minimum absolute atomic E-state index is 0.0857. The van der Waals surface area contributed by atoms with Gasteiger partial charge in [0.25, 0.3) is 5.91 Å². The topological polar surface area (TPSA) is 89.5 Å². The van der Waals surface area contributed by atoms with Gasteiger partial charge in [0.1, 0.15) is 5.82 Å². The van der Waals surface area contributed by atoms with Gasteiger partial charge in [0, 0.05) is 11.3 Å². The Labute approximate surface area is 161 Å². The molecule has 0 saturated heterocycles. The van der Waals surface area contributed by atoms with Gasteiger partial charge in [-0.1, -0.05) is 23.7 Å². The monoisotopic (exact) mass is 413 g/mol. The van der Waals surface area contributed by atoms with Crippen molar-refractivity contribution in [1.82, 2.24) is 0 Å². The molecule has 0 heterocycles. The molecule has 144 valence electrons. The van der Waals surface area contributed by atoms with Gasteiger partial charge in [-0.05, 0) is 42.8 Å². The van der Waals surface area contributed by atoms with Crippen molar-refractivity contribution in [1.29, 1.82) is 0 Å². The SMILES string of the molecule is C[C@@H](OC(=O)c1ccc(CS(C)(=O)=O)cc1)C(=O)Nc1ccc(Cl)cc1F. The molecule has 0 spiro atoms. The van der Waals surface area contributed by atoms with E-state index >= 15 is 0 Å². The zero-order valence-electron chi connectivity index (χ0n) is 14.5. The van der Waals surface area contributed by atoms with E-state index in [-0.39, 0.29) is 22.0 Å². The first kappa shape index (κ1) is 20.9. The van der Waals surface area contributed by atoms with Crippen LogP contribution in [0.25, 0.3) is 0 Å². The van der Waals surface area contributed by atoms with Crippen LogP contribution in [-0.2, 0) is 25.1 Å². The molecule has 0 fully saturated rings. The summed E-state index contributed by atoms with van der Waals surface area (Å²) in [6.07, 6.45) is -0.0674. The highest BCUT2D eigenvalue weighted by atomic mass is 35.5. The zero-order chi connectivity index (χ0) is 20.2. The Bertz CT molecular complexity index is 960. The molecule has 6 nitrogen and oxygen atoms in total. The molecule has 0 bridgehead atoms. The number of carbonyl (C=O) groups excluding carboxylic acids is 2. The number of sulfone groups is 1. The van der Waals surface area contributed by atoms with Crippen molar-refractivity contribution in [3.63, 3.8) is 0 Å². The number of hydrogen-bond donors (Lipinski definition) is 1. The van der Waals surface area contributed by atoms with Crippen LogP contribution in [0.15, 0.2) is 42.5 Å². The summed E-state index contributed by atoms with van der Waals surface area (Å²) in [4.78, 5) is 24.2. The van der Waals surface area contributed by atoms with Crippen LogP contribution < -0.4 is 5.32 Å². The Morgan fingerprint density at radius 2 is 1.81 bits per heavy atom. The van der Waals surface area contributed by atoms with Crippen LogP contribution in [-0.4, -0.2) is 32.7 Å². The van der Waals surface area contributed by atoms with Crippen molar-refractivity contribution in [2.45, 2.75) is 18.8 Å². The Morgan fingerprint density at radius 3 is 2.37 bits per heavy atom. The average Bonchev–Trinajstić information content (AvgIpc) is 2.56. The number of benzene rings is 2. The molecule has 0 unspecified atom stereocenters. The number of esters is 1. The summed E-state index contributed by atoms with van der Waals surface area (Å²) >= 11 is 5.64. The summed E-state index contributed by atoms with van der Waals surface area (Å²) in [6.45, 7) is 1.35. The lowest BCUT2D eigenvalue weighted by Gasteiger charge is -2.14. The van der Waals surface area contributed by atoms with Crippen LogP contribution in [0.1, 0.15) is 22.8 Å². The number of ether oxygens (including phenoxy) is 1.